The molecule has 0 aliphatic heterocycles. The van der Waals surface area contributed by atoms with Gasteiger partial charge in [-0.15, -0.1) is 0 Å². The third-order valence-electron chi connectivity index (χ3n) is 2.91. The zero-order valence-electron chi connectivity index (χ0n) is 9.12. The van der Waals surface area contributed by atoms with Crippen LogP contribution in [0.25, 0.3) is 0 Å². The lowest BCUT2D eigenvalue weighted by molar-refractivity contribution is 0.108. The molecule has 0 bridgehead atoms. The molecular formula is C13H15FOS. The summed E-state index contributed by atoms with van der Waals surface area (Å²) in [7, 11) is 0. The lowest BCUT2D eigenvalue weighted by Gasteiger charge is -2.19. The first-order valence-corrected chi connectivity index (χ1v) is 6.60. The van der Waals surface area contributed by atoms with Gasteiger partial charge in [0.2, 0.25) is 5.12 Å². The third kappa shape index (κ3) is 3.08. The Balaban J connectivity index is 1.94. The molecule has 0 atom stereocenters. The molecule has 0 aromatic heterocycles. The van der Waals surface area contributed by atoms with E-state index in [4.69, 9.17) is 0 Å². The summed E-state index contributed by atoms with van der Waals surface area (Å²) >= 11 is 1.42. The monoisotopic (exact) mass is 238 g/mol. The first-order valence-electron chi connectivity index (χ1n) is 5.72. The van der Waals surface area contributed by atoms with Crippen molar-refractivity contribution in [3.05, 3.63) is 35.6 Å². The van der Waals surface area contributed by atoms with E-state index in [1.807, 2.05) is 0 Å². The maximum Gasteiger partial charge on any atom is 0.219 e. The second-order valence-corrected chi connectivity index (χ2v) is 5.45. The molecule has 0 heterocycles. The third-order valence-corrected chi connectivity index (χ3v) is 4.16. The second-order valence-electron chi connectivity index (χ2n) is 4.17. The lowest BCUT2D eigenvalue weighted by atomic mass is 10.0. The molecule has 1 aromatic rings. The Bertz CT molecular complexity index is 355. The van der Waals surface area contributed by atoms with E-state index >= 15 is 0 Å². The lowest BCUT2D eigenvalue weighted by Crippen LogP contribution is -2.11. The molecule has 2 rings (SSSR count). The fourth-order valence-electron chi connectivity index (χ4n) is 1.99. The van der Waals surface area contributed by atoms with Crippen molar-refractivity contribution in [2.45, 2.75) is 37.4 Å². The first-order chi connectivity index (χ1) is 7.75. The summed E-state index contributed by atoms with van der Waals surface area (Å²) in [6, 6.07) is 5.81. The molecule has 1 aliphatic carbocycles. The minimum absolute atomic E-state index is 0.0758. The SMILES string of the molecule is O=C(SC1CCCCC1)c1ccc(F)cc1. The summed E-state index contributed by atoms with van der Waals surface area (Å²) < 4.78 is 12.7. The van der Waals surface area contributed by atoms with Gasteiger partial charge < -0.3 is 0 Å². The second kappa shape index (κ2) is 5.48. The summed E-state index contributed by atoms with van der Waals surface area (Å²) in [5.74, 6) is -0.292. The standard InChI is InChI=1S/C13H15FOS/c14-11-8-6-10(7-9-11)13(15)16-12-4-2-1-3-5-12/h6-9,12H,1-5H2. The number of thioether (sulfide) groups is 1. The smallest absolute Gasteiger partial charge is 0.219 e. The predicted molar refractivity (Wildman–Crippen MR) is 65.2 cm³/mol. The van der Waals surface area contributed by atoms with Gasteiger partial charge in [0.05, 0.1) is 0 Å². The number of carbonyl (C=O) groups is 1. The number of benzene rings is 1. The number of halogens is 1. The summed E-state index contributed by atoms with van der Waals surface area (Å²) in [6.07, 6.45) is 6.03. The highest BCUT2D eigenvalue weighted by Crippen LogP contribution is 2.30. The summed E-state index contributed by atoms with van der Waals surface area (Å²) in [5, 5.41) is 0.540. The Morgan fingerprint density at radius 3 is 2.38 bits per heavy atom. The molecule has 0 saturated heterocycles. The van der Waals surface area contributed by atoms with Crippen molar-refractivity contribution in [3.63, 3.8) is 0 Å². The normalized spacial score (nSPS) is 17.3. The Morgan fingerprint density at radius 1 is 1.12 bits per heavy atom. The maximum absolute atomic E-state index is 12.7. The number of hydrogen-bond donors (Lipinski definition) is 0. The number of hydrogen-bond acceptors (Lipinski definition) is 2. The largest absolute Gasteiger partial charge is 0.282 e. The summed E-state index contributed by atoms with van der Waals surface area (Å²) in [4.78, 5) is 11.9. The van der Waals surface area contributed by atoms with E-state index in [0.717, 1.165) is 12.8 Å². The number of carbonyl (C=O) groups excluding carboxylic acids is 1. The fraction of sp³-hybridized carbons (Fsp3) is 0.462. The van der Waals surface area contributed by atoms with Crippen LogP contribution in [-0.4, -0.2) is 10.4 Å². The molecule has 1 saturated carbocycles. The van der Waals surface area contributed by atoms with Gasteiger partial charge in [-0.05, 0) is 37.1 Å². The van der Waals surface area contributed by atoms with E-state index in [9.17, 15) is 9.18 Å². The van der Waals surface area contributed by atoms with Gasteiger partial charge in [-0.3, -0.25) is 4.79 Å². The van der Waals surface area contributed by atoms with Gasteiger partial charge >= 0.3 is 0 Å². The minimum Gasteiger partial charge on any atom is -0.282 e. The Kier molecular flexibility index (Phi) is 3.99. The van der Waals surface area contributed by atoms with Gasteiger partial charge in [0.1, 0.15) is 5.82 Å². The van der Waals surface area contributed by atoms with Crippen molar-refractivity contribution in [1.82, 2.24) is 0 Å². The average molecular weight is 238 g/mol. The van der Waals surface area contributed by atoms with E-state index in [-0.39, 0.29) is 10.9 Å². The van der Waals surface area contributed by atoms with Gasteiger partial charge in [-0.1, -0.05) is 31.0 Å². The van der Waals surface area contributed by atoms with Crippen LogP contribution in [0.4, 0.5) is 4.39 Å². The zero-order valence-corrected chi connectivity index (χ0v) is 9.93. The molecule has 1 aliphatic rings. The highest BCUT2D eigenvalue weighted by atomic mass is 32.2. The van der Waals surface area contributed by atoms with Gasteiger partial charge in [0.15, 0.2) is 0 Å². The van der Waals surface area contributed by atoms with E-state index in [0.29, 0.717) is 10.8 Å². The molecular weight excluding hydrogens is 223 g/mol. The van der Waals surface area contributed by atoms with E-state index in [1.54, 1.807) is 12.1 Å². The quantitative estimate of drug-likeness (QED) is 0.773. The topological polar surface area (TPSA) is 17.1 Å². The molecule has 0 radical (unpaired) electrons. The highest BCUT2D eigenvalue weighted by molar-refractivity contribution is 8.14. The van der Waals surface area contributed by atoms with Crippen LogP contribution in [0, 0.1) is 5.82 Å². The van der Waals surface area contributed by atoms with Crippen LogP contribution in [0.3, 0.4) is 0 Å². The van der Waals surface area contributed by atoms with E-state index in [1.165, 1.54) is 43.2 Å². The molecule has 0 N–H and O–H groups in total. The average Bonchev–Trinajstić information content (AvgIpc) is 2.31. The molecule has 1 aromatic carbocycles. The molecule has 16 heavy (non-hydrogen) atoms. The van der Waals surface area contributed by atoms with Crippen molar-refractivity contribution in [1.29, 1.82) is 0 Å². The van der Waals surface area contributed by atoms with E-state index in [2.05, 4.69) is 0 Å². The minimum atomic E-state index is -0.292. The fourth-order valence-corrected chi connectivity index (χ4v) is 3.13. The van der Waals surface area contributed by atoms with Crippen LogP contribution in [0.5, 0.6) is 0 Å². The summed E-state index contributed by atoms with van der Waals surface area (Å²) in [6.45, 7) is 0. The Morgan fingerprint density at radius 2 is 1.75 bits per heavy atom. The predicted octanol–water partition coefficient (Wildman–Crippen LogP) is 4.03. The van der Waals surface area contributed by atoms with Crippen LogP contribution in [0.1, 0.15) is 42.5 Å². The van der Waals surface area contributed by atoms with Gasteiger partial charge in [-0.2, -0.15) is 0 Å². The van der Waals surface area contributed by atoms with Gasteiger partial charge in [0, 0.05) is 10.8 Å². The first kappa shape index (κ1) is 11.6. The molecule has 0 unspecified atom stereocenters. The zero-order chi connectivity index (χ0) is 11.4. The highest BCUT2D eigenvalue weighted by Gasteiger charge is 2.18. The van der Waals surface area contributed by atoms with Crippen LogP contribution in [0.2, 0.25) is 0 Å². The molecule has 0 amide bonds. The van der Waals surface area contributed by atoms with Crippen molar-refractivity contribution >= 4 is 16.9 Å². The van der Waals surface area contributed by atoms with Crippen LogP contribution in [-0.2, 0) is 0 Å². The van der Waals surface area contributed by atoms with Crippen LogP contribution < -0.4 is 0 Å². The maximum atomic E-state index is 12.7. The summed E-state index contributed by atoms with van der Waals surface area (Å²) in [5.41, 5.74) is 0.608. The Hall–Kier alpha value is -0.830. The van der Waals surface area contributed by atoms with Crippen molar-refractivity contribution in [3.8, 4) is 0 Å². The van der Waals surface area contributed by atoms with E-state index < -0.39 is 0 Å². The Labute approximate surface area is 99.4 Å². The number of rotatable bonds is 2. The molecule has 3 heteroatoms. The molecule has 1 fully saturated rings. The van der Waals surface area contributed by atoms with Crippen LogP contribution >= 0.6 is 11.8 Å². The van der Waals surface area contributed by atoms with Crippen molar-refractivity contribution in [2.75, 3.05) is 0 Å². The van der Waals surface area contributed by atoms with Gasteiger partial charge in [0.25, 0.3) is 0 Å². The van der Waals surface area contributed by atoms with Crippen LogP contribution in [0.15, 0.2) is 24.3 Å². The molecule has 1 nitrogen and oxygen atoms in total. The van der Waals surface area contributed by atoms with Gasteiger partial charge in [-0.25, -0.2) is 4.39 Å². The molecule has 0 spiro atoms. The van der Waals surface area contributed by atoms with Crippen molar-refractivity contribution in [2.24, 2.45) is 0 Å². The van der Waals surface area contributed by atoms with Crippen molar-refractivity contribution < 1.29 is 9.18 Å². The molecule has 86 valence electrons.